The molecule has 3 N–H and O–H groups in total. The zero-order valence-electron chi connectivity index (χ0n) is 8.92. The molecule has 0 saturated heterocycles. The van der Waals surface area contributed by atoms with Crippen LogP contribution in [0.25, 0.3) is 0 Å². The molecule has 2 heteroatoms. The van der Waals surface area contributed by atoms with Crippen LogP contribution in [0.1, 0.15) is 46.0 Å². The van der Waals surface area contributed by atoms with Gasteiger partial charge >= 0.3 is 0 Å². The Kier molecular flexibility index (Phi) is 3.74. The van der Waals surface area contributed by atoms with Crippen molar-refractivity contribution in [1.29, 1.82) is 0 Å². The van der Waals surface area contributed by atoms with Crippen molar-refractivity contribution in [3.8, 4) is 0 Å². The van der Waals surface area contributed by atoms with E-state index in [9.17, 15) is 5.11 Å². The highest BCUT2D eigenvalue weighted by Gasteiger charge is 2.32. The van der Waals surface area contributed by atoms with Crippen LogP contribution in [-0.4, -0.2) is 17.3 Å². The molecule has 1 fully saturated rings. The van der Waals surface area contributed by atoms with Crippen molar-refractivity contribution in [2.45, 2.75) is 51.6 Å². The molecule has 1 rings (SSSR count). The van der Waals surface area contributed by atoms with E-state index in [0.717, 1.165) is 38.6 Å². The summed E-state index contributed by atoms with van der Waals surface area (Å²) in [7, 11) is 0. The largest absolute Gasteiger partial charge is 0.390 e. The van der Waals surface area contributed by atoms with Gasteiger partial charge in [0.15, 0.2) is 0 Å². The SMILES string of the molecule is CC(C)CC1(O)CCC(CN)CC1. The van der Waals surface area contributed by atoms with Crippen LogP contribution in [0.5, 0.6) is 0 Å². The van der Waals surface area contributed by atoms with Crippen LogP contribution >= 0.6 is 0 Å². The summed E-state index contributed by atoms with van der Waals surface area (Å²) < 4.78 is 0. The monoisotopic (exact) mass is 185 g/mol. The van der Waals surface area contributed by atoms with Crippen LogP contribution in [0.4, 0.5) is 0 Å². The van der Waals surface area contributed by atoms with E-state index in [1.165, 1.54) is 0 Å². The average Bonchev–Trinajstić information content (AvgIpc) is 2.04. The number of hydrogen-bond acceptors (Lipinski definition) is 2. The van der Waals surface area contributed by atoms with E-state index in [1.54, 1.807) is 0 Å². The number of hydrogen-bond donors (Lipinski definition) is 2. The van der Waals surface area contributed by atoms with Gasteiger partial charge in [0.1, 0.15) is 0 Å². The van der Waals surface area contributed by atoms with Gasteiger partial charge in [-0.3, -0.25) is 0 Å². The molecule has 0 aromatic heterocycles. The Hall–Kier alpha value is -0.0800. The molecule has 0 amide bonds. The average molecular weight is 185 g/mol. The van der Waals surface area contributed by atoms with E-state index >= 15 is 0 Å². The van der Waals surface area contributed by atoms with Crippen LogP contribution in [0.2, 0.25) is 0 Å². The summed E-state index contributed by atoms with van der Waals surface area (Å²) in [6.45, 7) is 5.14. The Morgan fingerprint density at radius 3 is 2.31 bits per heavy atom. The van der Waals surface area contributed by atoms with Gasteiger partial charge < -0.3 is 10.8 Å². The first-order valence-corrected chi connectivity index (χ1v) is 5.48. The molecule has 78 valence electrons. The highest BCUT2D eigenvalue weighted by Crippen LogP contribution is 2.35. The lowest BCUT2D eigenvalue weighted by molar-refractivity contribution is -0.0249. The molecule has 1 saturated carbocycles. The van der Waals surface area contributed by atoms with Crippen molar-refractivity contribution < 1.29 is 5.11 Å². The standard InChI is InChI=1S/C11H23NO/c1-9(2)7-11(13)5-3-10(8-12)4-6-11/h9-10,13H,3-8,12H2,1-2H3. The van der Waals surface area contributed by atoms with Gasteiger partial charge in [-0.05, 0) is 50.5 Å². The predicted octanol–water partition coefficient (Wildman–Crippen LogP) is 1.91. The Morgan fingerprint density at radius 1 is 1.38 bits per heavy atom. The van der Waals surface area contributed by atoms with E-state index < -0.39 is 0 Å². The number of rotatable bonds is 3. The highest BCUT2D eigenvalue weighted by atomic mass is 16.3. The first kappa shape index (κ1) is 11.0. The molecular formula is C11H23NO. The van der Waals surface area contributed by atoms with Crippen LogP contribution in [0.15, 0.2) is 0 Å². The first-order chi connectivity index (χ1) is 6.06. The van der Waals surface area contributed by atoms with E-state index in [0.29, 0.717) is 11.8 Å². The fourth-order valence-electron chi connectivity index (χ4n) is 2.41. The summed E-state index contributed by atoms with van der Waals surface area (Å²) in [6, 6.07) is 0. The van der Waals surface area contributed by atoms with Gasteiger partial charge in [-0.2, -0.15) is 0 Å². The summed E-state index contributed by atoms with van der Waals surface area (Å²) in [6.07, 6.45) is 5.07. The van der Waals surface area contributed by atoms with E-state index in [1.807, 2.05) is 0 Å². The summed E-state index contributed by atoms with van der Waals surface area (Å²) in [5.41, 5.74) is 5.24. The molecule has 0 spiro atoms. The zero-order valence-corrected chi connectivity index (χ0v) is 8.92. The lowest BCUT2D eigenvalue weighted by Gasteiger charge is -2.36. The molecule has 0 aromatic rings. The third-order valence-corrected chi connectivity index (χ3v) is 3.16. The Morgan fingerprint density at radius 2 is 1.92 bits per heavy atom. The van der Waals surface area contributed by atoms with E-state index in [-0.39, 0.29) is 5.60 Å². The summed E-state index contributed by atoms with van der Waals surface area (Å²) in [4.78, 5) is 0. The van der Waals surface area contributed by atoms with Crippen LogP contribution in [0.3, 0.4) is 0 Å². The van der Waals surface area contributed by atoms with Crippen LogP contribution in [0, 0.1) is 11.8 Å². The maximum atomic E-state index is 10.2. The van der Waals surface area contributed by atoms with E-state index in [4.69, 9.17) is 5.73 Å². The third-order valence-electron chi connectivity index (χ3n) is 3.16. The molecule has 0 heterocycles. The van der Waals surface area contributed by atoms with Gasteiger partial charge in [0.05, 0.1) is 5.60 Å². The summed E-state index contributed by atoms with van der Waals surface area (Å²) in [5.74, 6) is 1.26. The van der Waals surface area contributed by atoms with Gasteiger partial charge in [-0.15, -0.1) is 0 Å². The maximum Gasteiger partial charge on any atom is 0.0650 e. The smallest absolute Gasteiger partial charge is 0.0650 e. The highest BCUT2D eigenvalue weighted by molar-refractivity contribution is 4.86. The number of nitrogens with two attached hydrogens (primary N) is 1. The summed E-state index contributed by atoms with van der Waals surface area (Å²) >= 11 is 0. The molecule has 13 heavy (non-hydrogen) atoms. The molecule has 1 aliphatic rings. The van der Waals surface area contributed by atoms with Gasteiger partial charge in [-0.25, -0.2) is 0 Å². The molecule has 0 unspecified atom stereocenters. The van der Waals surface area contributed by atoms with E-state index in [2.05, 4.69) is 13.8 Å². The minimum atomic E-state index is -0.375. The molecule has 0 radical (unpaired) electrons. The van der Waals surface area contributed by atoms with Crippen molar-refractivity contribution in [2.24, 2.45) is 17.6 Å². The molecular weight excluding hydrogens is 162 g/mol. The van der Waals surface area contributed by atoms with Crippen molar-refractivity contribution in [3.63, 3.8) is 0 Å². The Balaban J connectivity index is 2.37. The van der Waals surface area contributed by atoms with Crippen LogP contribution in [-0.2, 0) is 0 Å². The van der Waals surface area contributed by atoms with Gasteiger partial charge in [0, 0.05) is 0 Å². The molecule has 0 atom stereocenters. The van der Waals surface area contributed by atoms with Crippen molar-refractivity contribution in [1.82, 2.24) is 0 Å². The first-order valence-electron chi connectivity index (χ1n) is 5.48. The lowest BCUT2D eigenvalue weighted by Crippen LogP contribution is -2.36. The second-order valence-electron chi connectivity index (χ2n) is 5.00. The molecule has 2 nitrogen and oxygen atoms in total. The zero-order chi connectivity index (χ0) is 9.90. The third kappa shape index (κ3) is 3.28. The second kappa shape index (κ2) is 4.43. The topological polar surface area (TPSA) is 46.2 Å². The molecule has 0 aromatic carbocycles. The normalized spacial score (nSPS) is 35.3. The predicted molar refractivity (Wildman–Crippen MR) is 55.4 cm³/mol. The molecule has 0 aliphatic heterocycles. The van der Waals surface area contributed by atoms with Crippen molar-refractivity contribution >= 4 is 0 Å². The minimum Gasteiger partial charge on any atom is -0.390 e. The van der Waals surface area contributed by atoms with Gasteiger partial charge in [-0.1, -0.05) is 13.8 Å². The fraction of sp³-hybridized carbons (Fsp3) is 1.00. The Labute approximate surface area is 81.5 Å². The van der Waals surface area contributed by atoms with Crippen LogP contribution < -0.4 is 5.73 Å². The number of aliphatic hydroxyl groups is 1. The molecule has 0 bridgehead atoms. The van der Waals surface area contributed by atoms with Crippen molar-refractivity contribution in [3.05, 3.63) is 0 Å². The van der Waals surface area contributed by atoms with Gasteiger partial charge in [0.2, 0.25) is 0 Å². The second-order valence-corrected chi connectivity index (χ2v) is 5.00. The lowest BCUT2D eigenvalue weighted by atomic mass is 9.75. The van der Waals surface area contributed by atoms with Gasteiger partial charge in [0.25, 0.3) is 0 Å². The maximum absolute atomic E-state index is 10.2. The molecule has 1 aliphatic carbocycles. The fourth-order valence-corrected chi connectivity index (χ4v) is 2.41. The Bertz CT molecular complexity index is 148. The minimum absolute atomic E-state index is 0.375. The van der Waals surface area contributed by atoms with Crippen molar-refractivity contribution in [2.75, 3.05) is 6.54 Å². The summed E-state index contributed by atoms with van der Waals surface area (Å²) in [5, 5.41) is 10.2. The quantitative estimate of drug-likeness (QED) is 0.705.